The van der Waals surface area contributed by atoms with Crippen molar-refractivity contribution in [2.24, 2.45) is 5.41 Å². The standard InChI is InChI=1S/C18H32N2O4/c1-5-18(15(21)19-14-6-12-23-13-7-14)8-10-20(11-9-18)16(22)24-17(2,3)4/h14H,5-13H2,1-4H3,(H,19,21). The molecule has 0 aromatic carbocycles. The molecule has 0 saturated carbocycles. The van der Waals surface area contributed by atoms with Gasteiger partial charge < -0.3 is 19.7 Å². The molecule has 24 heavy (non-hydrogen) atoms. The van der Waals surface area contributed by atoms with Crippen molar-refractivity contribution in [3.8, 4) is 0 Å². The van der Waals surface area contributed by atoms with Crippen LogP contribution in [0.5, 0.6) is 0 Å². The highest BCUT2D eigenvalue weighted by Gasteiger charge is 2.42. The lowest BCUT2D eigenvalue weighted by atomic mass is 9.75. The van der Waals surface area contributed by atoms with E-state index < -0.39 is 5.60 Å². The molecule has 0 spiro atoms. The Morgan fingerprint density at radius 3 is 2.29 bits per heavy atom. The Kier molecular flexibility index (Phi) is 6.12. The first kappa shape index (κ1) is 19.0. The molecule has 0 radical (unpaired) electrons. The van der Waals surface area contributed by atoms with Gasteiger partial charge in [-0.2, -0.15) is 0 Å². The molecule has 2 saturated heterocycles. The van der Waals surface area contributed by atoms with Crippen LogP contribution in [-0.2, 0) is 14.3 Å². The summed E-state index contributed by atoms with van der Waals surface area (Å²) in [6.07, 6.45) is 3.67. The van der Waals surface area contributed by atoms with E-state index in [4.69, 9.17) is 9.47 Å². The van der Waals surface area contributed by atoms with E-state index in [0.29, 0.717) is 25.9 Å². The average molecular weight is 340 g/mol. The van der Waals surface area contributed by atoms with Crippen LogP contribution in [0.4, 0.5) is 4.79 Å². The number of likely N-dealkylation sites (tertiary alicyclic amines) is 1. The molecule has 2 rings (SSSR count). The third kappa shape index (κ3) is 4.85. The summed E-state index contributed by atoms with van der Waals surface area (Å²) in [5, 5.41) is 3.21. The van der Waals surface area contributed by atoms with Gasteiger partial charge in [-0.15, -0.1) is 0 Å². The largest absolute Gasteiger partial charge is 0.444 e. The summed E-state index contributed by atoms with van der Waals surface area (Å²) in [7, 11) is 0. The Hall–Kier alpha value is -1.30. The number of rotatable bonds is 3. The number of ether oxygens (including phenoxy) is 2. The van der Waals surface area contributed by atoms with Gasteiger partial charge in [-0.1, -0.05) is 6.92 Å². The lowest BCUT2D eigenvalue weighted by Gasteiger charge is -2.41. The van der Waals surface area contributed by atoms with E-state index in [2.05, 4.69) is 12.2 Å². The minimum Gasteiger partial charge on any atom is -0.444 e. The average Bonchev–Trinajstić information content (AvgIpc) is 2.54. The first-order valence-corrected chi connectivity index (χ1v) is 9.12. The second kappa shape index (κ2) is 7.72. The topological polar surface area (TPSA) is 67.9 Å². The summed E-state index contributed by atoms with van der Waals surface area (Å²) in [5.41, 5.74) is -0.854. The van der Waals surface area contributed by atoms with E-state index in [0.717, 1.165) is 32.5 Å². The molecule has 0 aromatic heterocycles. The number of hydrogen-bond donors (Lipinski definition) is 1. The van der Waals surface area contributed by atoms with Gasteiger partial charge in [0.2, 0.25) is 5.91 Å². The Bertz CT molecular complexity index is 444. The first-order valence-electron chi connectivity index (χ1n) is 9.12. The minimum absolute atomic E-state index is 0.140. The molecule has 138 valence electrons. The summed E-state index contributed by atoms with van der Waals surface area (Å²) < 4.78 is 10.8. The van der Waals surface area contributed by atoms with Crippen LogP contribution in [-0.4, -0.2) is 54.8 Å². The van der Waals surface area contributed by atoms with Gasteiger partial charge in [0.1, 0.15) is 5.60 Å². The first-order chi connectivity index (χ1) is 11.3. The predicted octanol–water partition coefficient (Wildman–Crippen LogP) is 2.71. The molecular weight excluding hydrogens is 308 g/mol. The fraction of sp³-hybridized carbons (Fsp3) is 0.889. The number of hydrogen-bond acceptors (Lipinski definition) is 4. The Balaban J connectivity index is 1.90. The number of carbonyl (C=O) groups is 2. The molecule has 1 N–H and O–H groups in total. The molecule has 2 fully saturated rings. The van der Waals surface area contributed by atoms with Gasteiger partial charge in [-0.05, 0) is 52.9 Å². The van der Waals surface area contributed by atoms with Crippen LogP contribution in [0.2, 0.25) is 0 Å². The molecule has 0 aliphatic carbocycles. The number of piperidine rings is 1. The predicted molar refractivity (Wildman–Crippen MR) is 91.7 cm³/mol. The smallest absolute Gasteiger partial charge is 0.410 e. The third-order valence-corrected chi connectivity index (χ3v) is 5.09. The van der Waals surface area contributed by atoms with Crippen LogP contribution >= 0.6 is 0 Å². The maximum atomic E-state index is 12.8. The van der Waals surface area contributed by atoms with Crippen molar-refractivity contribution in [3.63, 3.8) is 0 Å². The summed E-state index contributed by atoms with van der Waals surface area (Å²) in [4.78, 5) is 26.8. The molecule has 2 heterocycles. The van der Waals surface area contributed by atoms with E-state index in [1.165, 1.54) is 0 Å². The summed E-state index contributed by atoms with van der Waals surface area (Å²) in [6, 6.07) is 0.221. The number of amides is 2. The monoisotopic (exact) mass is 340 g/mol. The second-order valence-corrected chi connectivity index (χ2v) is 7.96. The van der Waals surface area contributed by atoms with Crippen LogP contribution < -0.4 is 5.32 Å². The van der Waals surface area contributed by atoms with Crippen LogP contribution in [0.3, 0.4) is 0 Å². The molecule has 0 atom stereocenters. The normalized spacial score (nSPS) is 22.1. The molecule has 2 amide bonds. The number of nitrogens with zero attached hydrogens (tertiary/aromatic N) is 1. The number of nitrogens with one attached hydrogen (secondary N) is 1. The molecule has 0 unspecified atom stereocenters. The maximum absolute atomic E-state index is 12.8. The zero-order valence-electron chi connectivity index (χ0n) is 15.5. The van der Waals surface area contributed by atoms with Gasteiger partial charge in [-0.3, -0.25) is 4.79 Å². The lowest BCUT2D eigenvalue weighted by molar-refractivity contribution is -0.135. The Morgan fingerprint density at radius 2 is 1.79 bits per heavy atom. The molecule has 0 bridgehead atoms. The summed E-state index contributed by atoms with van der Waals surface area (Å²) in [5.74, 6) is 0.140. The summed E-state index contributed by atoms with van der Waals surface area (Å²) >= 11 is 0. The van der Waals surface area contributed by atoms with Gasteiger partial charge in [0.25, 0.3) is 0 Å². The molecule has 2 aliphatic heterocycles. The van der Waals surface area contributed by atoms with Crippen molar-refractivity contribution in [1.29, 1.82) is 0 Å². The zero-order valence-corrected chi connectivity index (χ0v) is 15.5. The van der Waals surface area contributed by atoms with E-state index in [1.807, 2.05) is 20.8 Å². The second-order valence-electron chi connectivity index (χ2n) is 7.96. The fourth-order valence-corrected chi connectivity index (χ4v) is 3.37. The van der Waals surface area contributed by atoms with E-state index in [-0.39, 0.29) is 23.5 Å². The van der Waals surface area contributed by atoms with Gasteiger partial charge >= 0.3 is 6.09 Å². The van der Waals surface area contributed by atoms with E-state index in [1.54, 1.807) is 4.90 Å². The van der Waals surface area contributed by atoms with Gasteiger partial charge in [0, 0.05) is 32.3 Å². The van der Waals surface area contributed by atoms with Crippen molar-refractivity contribution in [1.82, 2.24) is 10.2 Å². The SMILES string of the molecule is CCC1(C(=O)NC2CCOCC2)CCN(C(=O)OC(C)(C)C)CC1. The van der Waals surface area contributed by atoms with Crippen LogP contribution in [0.15, 0.2) is 0 Å². The van der Waals surface area contributed by atoms with Gasteiger partial charge in [0.15, 0.2) is 0 Å². The van der Waals surface area contributed by atoms with E-state index >= 15 is 0 Å². The maximum Gasteiger partial charge on any atom is 0.410 e. The van der Waals surface area contributed by atoms with Crippen molar-refractivity contribution in [3.05, 3.63) is 0 Å². The van der Waals surface area contributed by atoms with Crippen LogP contribution in [0, 0.1) is 5.41 Å². The minimum atomic E-state index is -0.489. The Morgan fingerprint density at radius 1 is 1.21 bits per heavy atom. The highest BCUT2D eigenvalue weighted by atomic mass is 16.6. The van der Waals surface area contributed by atoms with Crippen molar-refractivity contribution >= 4 is 12.0 Å². The molecular formula is C18H32N2O4. The molecule has 6 nitrogen and oxygen atoms in total. The van der Waals surface area contributed by atoms with Gasteiger partial charge in [0.05, 0.1) is 5.41 Å². The highest BCUT2D eigenvalue weighted by molar-refractivity contribution is 5.83. The molecule has 6 heteroatoms. The van der Waals surface area contributed by atoms with Crippen LogP contribution in [0.1, 0.15) is 59.8 Å². The quantitative estimate of drug-likeness (QED) is 0.858. The zero-order chi connectivity index (χ0) is 17.8. The Labute approximate surface area is 145 Å². The summed E-state index contributed by atoms with van der Waals surface area (Å²) in [6.45, 7) is 10.2. The lowest BCUT2D eigenvalue weighted by Crippen LogP contribution is -2.53. The van der Waals surface area contributed by atoms with Crippen molar-refractivity contribution in [2.75, 3.05) is 26.3 Å². The number of carbonyl (C=O) groups excluding carboxylic acids is 2. The van der Waals surface area contributed by atoms with Crippen LogP contribution in [0.25, 0.3) is 0 Å². The van der Waals surface area contributed by atoms with Gasteiger partial charge in [-0.25, -0.2) is 4.79 Å². The molecule has 0 aromatic rings. The van der Waals surface area contributed by atoms with Crippen molar-refractivity contribution in [2.45, 2.75) is 71.4 Å². The molecule has 2 aliphatic rings. The third-order valence-electron chi connectivity index (χ3n) is 5.09. The fourth-order valence-electron chi connectivity index (χ4n) is 3.37. The van der Waals surface area contributed by atoms with E-state index in [9.17, 15) is 9.59 Å². The van der Waals surface area contributed by atoms with Crippen molar-refractivity contribution < 1.29 is 19.1 Å². The highest BCUT2D eigenvalue weighted by Crippen LogP contribution is 2.36.